The van der Waals surface area contributed by atoms with Crippen molar-refractivity contribution in [3.05, 3.63) is 29.3 Å². The molecule has 94 valence electrons. The molecule has 7 heteroatoms. The zero-order valence-electron chi connectivity index (χ0n) is 8.85. The third kappa shape index (κ3) is 2.69. The van der Waals surface area contributed by atoms with Crippen molar-refractivity contribution in [2.75, 3.05) is 12.8 Å². The molecule has 2 unspecified atom stereocenters. The van der Waals surface area contributed by atoms with Gasteiger partial charge >= 0.3 is 5.97 Å². The minimum atomic E-state index is -2.00. The number of hydrogen-bond donors (Lipinski definition) is 3. The third-order valence-electron chi connectivity index (χ3n) is 2.18. The minimum Gasteiger partial charge on any atom is -0.467 e. The number of carbonyl (C=O) groups is 1. The van der Waals surface area contributed by atoms with Crippen LogP contribution in [0.4, 0.5) is 14.5 Å². The summed E-state index contributed by atoms with van der Waals surface area (Å²) >= 11 is 0. The summed E-state index contributed by atoms with van der Waals surface area (Å²) in [5, 5.41) is 18.8. The van der Waals surface area contributed by atoms with Gasteiger partial charge in [0, 0.05) is 11.6 Å². The van der Waals surface area contributed by atoms with E-state index < -0.39 is 41.1 Å². The van der Waals surface area contributed by atoms with Crippen molar-refractivity contribution in [2.24, 2.45) is 0 Å². The molecule has 0 heterocycles. The lowest BCUT2D eigenvalue weighted by molar-refractivity contribution is -0.156. The molecule has 1 rings (SSSR count). The van der Waals surface area contributed by atoms with E-state index in [1.165, 1.54) is 0 Å². The quantitative estimate of drug-likeness (QED) is 0.521. The van der Waals surface area contributed by atoms with Gasteiger partial charge in [0.1, 0.15) is 17.7 Å². The first-order valence-electron chi connectivity index (χ1n) is 4.56. The molecule has 1 aromatic rings. The van der Waals surface area contributed by atoms with E-state index in [4.69, 9.17) is 5.73 Å². The fourth-order valence-corrected chi connectivity index (χ4v) is 1.22. The van der Waals surface area contributed by atoms with E-state index in [0.717, 1.165) is 7.11 Å². The summed E-state index contributed by atoms with van der Waals surface area (Å²) in [6.07, 6.45) is -3.94. The molecule has 1 aromatic carbocycles. The van der Waals surface area contributed by atoms with Crippen LogP contribution in [0.15, 0.2) is 12.1 Å². The predicted molar refractivity (Wildman–Crippen MR) is 53.8 cm³/mol. The van der Waals surface area contributed by atoms with Gasteiger partial charge in [0.25, 0.3) is 0 Å². The summed E-state index contributed by atoms with van der Waals surface area (Å²) in [7, 11) is 0.984. The number of aliphatic hydroxyl groups excluding tert-OH is 2. The molecule has 0 aliphatic rings. The molecule has 4 N–H and O–H groups in total. The Bertz CT molecular complexity index is 439. The molecule has 0 amide bonds. The molecular weight excluding hydrogens is 236 g/mol. The molecule has 0 aliphatic carbocycles. The number of carbonyl (C=O) groups excluding carboxylic acids is 1. The number of rotatable bonds is 3. The van der Waals surface area contributed by atoms with Crippen molar-refractivity contribution in [1.82, 2.24) is 0 Å². The van der Waals surface area contributed by atoms with E-state index in [9.17, 15) is 23.8 Å². The van der Waals surface area contributed by atoms with Crippen molar-refractivity contribution in [2.45, 2.75) is 12.2 Å². The Morgan fingerprint density at radius 1 is 1.35 bits per heavy atom. The summed E-state index contributed by atoms with van der Waals surface area (Å²) in [6.45, 7) is 0. The summed E-state index contributed by atoms with van der Waals surface area (Å²) < 4.78 is 30.6. The van der Waals surface area contributed by atoms with E-state index in [0.29, 0.717) is 12.1 Å². The summed E-state index contributed by atoms with van der Waals surface area (Å²) in [4.78, 5) is 10.9. The summed E-state index contributed by atoms with van der Waals surface area (Å²) in [5.74, 6) is -3.15. The first-order chi connectivity index (χ1) is 7.88. The van der Waals surface area contributed by atoms with Gasteiger partial charge in [-0.05, 0) is 6.07 Å². The van der Waals surface area contributed by atoms with Crippen LogP contribution in [0, 0.1) is 11.6 Å². The SMILES string of the molecule is COC(=O)C(O)C(O)c1cc(F)c(N)cc1F. The second kappa shape index (κ2) is 5.07. The third-order valence-corrected chi connectivity index (χ3v) is 2.18. The molecule has 0 fully saturated rings. The molecular formula is C10H11F2NO4. The maximum Gasteiger partial charge on any atom is 0.337 e. The lowest BCUT2D eigenvalue weighted by atomic mass is 10.0. The Balaban J connectivity index is 3.08. The van der Waals surface area contributed by atoms with E-state index in [2.05, 4.69) is 4.74 Å². The molecule has 0 aliphatic heterocycles. The highest BCUT2D eigenvalue weighted by Crippen LogP contribution is 2.24. The van der Waals surface area contributed by atoms with Gasteiger partial charge in [0.15, 0.2) is 6.10 Å². The van der Waals surface area contributed by atoms with E-state index in [-0.39, 0.29) is 0 Å². The lowest BCUT2D eigenvalue weighted by Crippen LogP contribution is -2.29. The Morgan fingerprint density at radius 3 is 2.47 bits per heavy atom. The number of aliphatic hydroxyl groups is 2. The van der Waals surface area contributed by atoms with Crippen LogP contribution in [-0.4, -0.2) is 29.4 Å². The van der Waals surface area contributed by atoms with Gasteiger partial charge in [-0.2, -0.15) is 0 Å². The van der Waals surface area contributed by atoms with Gasteiger partial charge < -0.3 is 20.7 Å². The van der Waals surface area contributed by atoms with Crippen molar-refractivity contribution < 1.29 is 28.5 Å². The Morgan fingerprint density at radius 2 is 1.94 bits per heavy atom. The van der Waals surface area contributed by atoms with Gasteiger partial charge in [0.2, 0.25) is 0 Å². The number of nitrogens with two attached hydrogens (primary N) is 1. The average molecular weight is 247 g/mol. The van der Waals surface area contributed by atoms with Gasteiger partial charge in [-0.25, -0.2) is 13.6 Å². The van der Waals surface area contributed by atoms with Crippen LogP contribution in [0.2, 0.25) is 0 Å². The molecule has 0 saturated carbocycles. The van der Waals surface area contributed by atoms with Crippen molar-refractivity contribution in [3.63, 3.8) is 0 Å². The number of esters is 1. The second-order valence-corrected chi connectivity index (χ2v) is 3.31. The Kier molecular flexibility index (Phi) is 3.97. The number of hydrogen-bond acceptors (Lipinski definition) is 5. The first kappa shape index (κ1) is 13.3. The number of benzene rings is 1. The molecule has 0 radical (unpaired) electrons. The maximum absolute atomic E-state index is 13.3. The monoisotopic (exact) mass is 247 g/mol. The molecule has 0 bridgehead atoms. The van der Waals surface area contributed by atoms with Crippen LogP contribution < -0.4 is 5.73 Å². The first-order valence-corrected chi connectivity index (χ1v) is 4.56. The van der Waals surface area contributed by atoms with Crippen LogP contribution >= 0.6 is 0 Å². The fraction of sp³-hybridized carbons (Fsp3) is 0.300. The van der Waals surface area contributed by atoms with Crippen molar-refractivity contribution in [1.29, 1.82) is 0 Å². The molecule has 2 atom stereocenters. The number of halogens is 2. The fourth-order valence-electron chi connectivity index (χ4n) is 1.22. The highest BCUT2D eigenvalue weighted by Gasteiger charge is 2.29. The Labute approximate surface area is 95.4 Å². The summed E-state index contributed by atoms with van der Waals surface area (Å²) in [5.41, 5.74) is 4.09. The van der Waals surface area contributed by atoms with E-state index in [1.807, 2.05) is 0 Å². The van der Waals surface area contributed by atoms with Gasteiger partial charge in [-0.15, -0.1) is 0 Å². The van der Waals surface area contributed by atoms with Gasteiger partial charge in [0.05, 0.1) is 12.8 Å². The van der Waals surface area contributed by atoms with Gasteiger partial charge in [-0.1, -0.05) is 0 Å². The van der Waals surface area contributed by atoms with Crippen LogP contribution in [0.1, 0.15) is 11.7 Å². The zero-order chi connectivity index (χ0) is 13.2. The average Bonchev–Trinajstić information content (AvgIpc) is 2.31. The van der Waals surface area contributed by atoms with Crippen LogP contribution in [0.25, 0.3) is 0 Å². The minimum absolute atomic E-state index is 0.439. The molecule has 0 spiro atoms. The van der Waals surface area contributed by atoms with Crippen molar-refractivity contribution >= 4 is 11.7 Å². The highest BCUT2D eigenvalue weighted by atomic mass is 19.1. The molecule has 0 aromatic heterocycles. The van der Waals surface area contributed by atoms with Crippen LogP contribution in [0.3, 0.4) is 0 Å². The van der Waals surface area contributed by atoms with Crippen LogP contribution in [-0.2, 0) is 9.53 Å². The van der Waals surface area contributed by atoms with E-state index >= 15 is 0 Å². The number of anilines is 1. The standard InChI is InChI=1S/C10H11F2NO4/c1-17-10(16)9(15)8(14)4-2-6(12)7(13)3-5(4)11/h2-3,8-9,14-15H,13H2,1H3. The number of methoxy groups -OCH3 is 1. The summed E-state index contributed by atoms with van der Waals surface area (Å²) in [6, 6.07) is 1.26. The van der Waals surface area contributed by atoms with Crippen molar-refractivity contribution in [3.8, 4) is 0 Å². The predicted octanol–water partition coefficient (Wildman–Crippen LogP) is 0.114. The van der Waals surface area contributed by atoms with E-state index in [1.54, 1.807) is 0 Å². The molecule has 17 heavy (non-hydrogen) atoms. The normalized spacial score (nSPS) is 14.2. The topological polar surface area (TPSA) is 92.8 Å². The lowest BCUT2D eigenvalue weighted by Gasteiger charge is -2.17. The second-order valence-electron chi connectivity index (χ2n) is 3.31. The largest absolute Gasteiger partial charge is 0.467 e. The zero-order valence-corrected chi connectivity index (χ0v) is 8.85. The molecule has 5 nitrogen and oxygen atoms in total. The highest BCUT2D eigenvalue weighted by molar-refractivity contribution is 5.75. The molecule has 0 saturated heterocycles. The number of nitrogen functional groups attached to an aromatic ring is 1. The smallest absolute Gasteiger partial charge is 0.337 e. The Hall–Kier alpha value is -1.73. The maximum atomic E-state index is 13.3. The van der Waals surface area contributed by atoms with Gasteiger partial charge in [-0.3, -0.25) is 0 Å². The van der Waals surface area contributed by atoms with Crippen LogP contribution in [0.5, 0.6) is 0 Å². The number of ether oxygens (including phenoxy) is 1.